The van der Waals surface area contributed by atoms with Crippen molar-refractivity contribution in [2.24, 2.45) is 5.73 Å². The first-order valence-corrected chi connectivity index (χ1v) is 9.14. The van der Waals surface area contributed by atoms with E-state index in [2.05, 4.69) is 49.4 Å². The summed E-state index contributed by atoms with van der Waals surface area (Å²) in [5.41, 5.74) is 9.61. The van der Waals surface area contributed by atoms with Gasteiger partial charge >= 0.3 is 0 Å². The van der Waals surface area contributed by atoms with Gasteiger partial charge in [0.2, 0.25) is 5.95 Å². The van der Waals surface area contributed by atoms with E-state index in [1.165, 1.54) is 11.1 Å². The summed E-state index contributed by atoms with van der Waals surface area (Å²) >= 11 is 0. The molecule has 0 unspecified atom stereocenters. The fourth-order valence-corrected chi connectivity index (χ4v) is 3.81. The maximum absolute atomic E-state index is 5.63. The fraction of sp³-hybridized carbons (Fsp3) is 0.474. The van der Waals surface area contributed by atoms with Gasteiger partial charge in [0.1, 0.15) is 0 Å². The maximum atomic E-state index is 5.63. The SMILES string of the molecule is Cl.NCCN1CCN(c2cnc(NC3Cc4ccccc4C3)nc2)CC1. The molecular formula is C19H27ClN6. The summed E-state index contributed by atoms with van der Waals surface area (Å²) in [5, 5.41) is 3.48. The summed E-state index contributed by atoms with van der Waals surface area (Å²) in [4.78, 5) is 13.8. The smallest absolute Gasteiger partial charge is 0.222 e. The second kappa shape index (κ2) is 8.66. The van der Waals surface area contributed by atoms with E-state index in [0.29, 0.717) is 6.04 Å². The van der Waals surface area contributed by atoms with Gasteiger partial charge in [0, 0.05) is 45.3 Å². The van der Waals surface area contributed by atoms with Crippen LogP contribution in [0.4, 0.5) is 11.6 Å². The Bertz CT molecular complexity index is 674. The van der Waals surface area contributed by atoms with E-state index in [0.717, 1.165) is 63.7 Å². The molecule has 0 spiro atoms. The lowest BCUT2D eigenvalue weighted by atomic mass is 10.1. The highest BCUT2D eigenvalue weighted by atomic mass is 35.5. The van der Waals surface area contributed by atoms with Crippen LogP contribution in [0.25, 0.3) is 0 Å². The Morgan fingerprint density at radius 2 is 1.62 bits per heavy atom. The van der Waals surface area contributed by atoms with Gasteiger partial charge in [-0.3, -0.25) is 4.90 Å². The highest BCUT2D eigenvalue weighted by molar-refractivity contribution is 5.85. The number of rotatable bonds is 5. The number of nitrogens with one attached hydrogen (secondary N) is 1. The van der Waals surface area contributed by atoms with Crippen molar-refractivity contribution in [1.82, 2.24) is 14.9 Å². The van der Waals surface area contributed by atoms with Crippen LogP contribution in [0.3, 0.4) is 0 Å². The first-order chi connectivity index (χ1) is 12.3. The number of anilines is 2. The molecule has 1 saturated heterocycles. The molecule has 0 atom stereocenters. The van der Waals surface area contributed by atoms with Gasteiger partial charge in [0.15, 0.2) is 0 Å². The highest BCUT2D eigenvalue weighted by Gasteiger charge is 2.22. The zero-order chi connectivity index (χ0) is 17.1. The molecule has 7 heteroatoms. The van der Waals surface area contributed by atoms with Gasteiger partial charge in [-0.2, -0.15) is 0 Å². The summed E-state index contributed by atoms with van der Waals surface area (Å²) in [6.45, 7) is 5.84. The second-order valence-corrected chi connectivity index (χ2v) is 6.90. The van der Waals surface area contributed by atoms with Crippen molar-refractivity contribution in [2.75, 3.05) is 49.5 Å². The van der Waals surface area contributed by atoms with Crippen molar-refractivity contribution in [1.29, 1.82) is 0 Å². The number of fused-ring (bicyclic) bond motifs is 1. The van der Waals surface area contributed by atoms with E-state index in [9.17, 15) is 0 Å². The number of aromatic nitrogens is 2. The van der Waals surface area contributed by atoms with Crippen molar-refractivity contribution < 1.29 is 0 Å². The van der Waals surface area contributed by atoms with Gasteiger partial charge in [-0.1, -0.05) is 24.3 Å². The molecule has 1 aromatic carbocycles. The largest absolute Gasteiger partial charge is 0.366 e. The third-order valence-corrected chi connectivity index (χ3v) is 5.21. The molecule has 140 valence electrons. The molecule has 0 radical (unpaired) electrons. The Labute approximate surface area is 161 Å². The fourth-order valence-electron chi connectivity index (χ4n) is 3.81. The number of hydrogen-bond donors (Lipinski definition) is 2. The summed E-state index contributed by atoms with van der Waals surface area (Å²) < 4.78 is 0. The Balaban J connectivity index is 0.00000196. The van der Waals surface area contributed by atoms with E-state index in [1.807, 2.05) is 12.4 Å². The van der Waals surface area contributed by atoms with Crippen molar-refractivity contribution in [3.63, 3.8) is 0 Å². The number of benzene rings is 1. The number of piperazine rings is 1. The van der Waals surface area contributed by atoms with Crippen molar-refractivity contribution in [3.8, 4) is 0 Å². The monoisotopic (exact) mass is 374 g/mol. The molecule has 2 aliphatic rings. The lowest BCUT2D eigenvalue weighted by Gasteiger charge is -2.35. The molecule has 0 amide bonds. The molecular weight excluding hydrogens is 348 g/mol. The van der Waals surface area contributed by atoms with Crippen LogP contribution in [-0.2, 0) is 12.8 Å². The lowest BCUT2D eigenvalue weighted by molar-refractivity contribution is 0.265. The summed E-state index contributed by atoms with van der Waals surface area (Å²) in [6.07, 6.45) is 5.97. The van der Waals surface area contributed by atoms with E-state index < -0.39 is 0 Å². The predicted octanol–water partition coefficient (Wildman–Crippen LogP) is 1.56. The Hall–Kier alpha value is -1.89. The molecule has 1 fully saturated rings. The summed E-state index contributed by atoms with van der Waals surface area (Å²) in [7, 11) is 0. The van der Waals surface area contributed by atoms with Gasteiger partial charge in [0.05, 0.1) is 18.1 Å². The molecule has 4 rings (SSSR count). The summed E-state index contributed by atoms with van der Waals surface area (Å²) in [5.74, 6) is 0.725. The van der Waals surface area contributed by atoms with Gasteiger partial charge < -0.3 is 16.0 Å². The molecule has 26 heavy (non-hydrogen) atoms. The first-order valence-electron chi connectivity index (χ1n) is 9.14. The Morgan fingerprint density at radius 3 is 2.19 bits per heavy atom. The Morgan fingerprint density at radius 1 is 1.00 bits per heavy atom. The molecule has 1 aliphatic carbocycles. The molecule has 6 nitrogen and oxygen atoms in total. The minimum Gasteiger partial charge on any atom is -0.366 e. The van der Waals surface area contributed by atoms with E-state index in [1.54, 1.807) is 0 Å². The van der Waals surface area contributed by atoms with Crippen LogP contribution in [-0.4, -0.2) is 60.2 Å². The average Bonchev–Trinajstić information content (AvgIpc) is 3.06. The second-order valence-electron chi connectivity index (χ2n) is 6.90. The van der Waals surface area contributed by atoms with Gasteiger partial charge in [-0.05, 0) is 24.0 Å². The van der Waals surface area contributed by atoms with Crippen LogP contribution in [0.1, 0.15) is 11.1 Å². The molecule has 2 heterocycles. The minimum absolute atomic E-state index is 0. The van der Waals surface area contributed by atoms with E-state index >= 15 is 0 Å². The number of nitrogens with two attached hydrogens (primary N) is 1. The maximum Gasteiger partial charge on any atom is 0.222 e. The number of nitrogens with zero attached hydrogens (tertiary/aromatic N) is 4. The normalized spacial score (nSPS) is 17.7. The molecule has 0 saturated carbocycles. The van der Waals surface area contributed by atoms with Crippen molar-refractivity contribution in [3.05, 3.63) is 47.8 Å². The van der Waals surface area contributed by atoms with E-state index in [-0.39, 0.29) is 12.4 Å². The van der Waals surface area contributed by atoms with Crippen LogP contribution < -0.4 is 16.0 Å². The predicted molar refractivity (Wildman–Crippen MR) is 108 cm³/mol. The van der Waals surface area contributed by atoms with Crippen LogP contribution in [0.15, 0.2) is 36.7 Å². The van der Waals surface area contributed by atoms with Crippen LogP contribution in [0, 0.1) is 0 Å². The molecule has 0 bridgehead atoms. The quantitative estimate of drug-likeness (QED) is 0.827. The number of hydrogen-bond acceptors (Lipinski definition) is 6. The minimum atomic E-state index is 0. The third kappa shape index (κ3) is 4.26. The van der Waals surface area contributed by atoms with Crippen molar-refractivity contribution >= 4 is 24.0 Å². The zero-order valence-corrected chi connectivity index (χ0v) is 15.8. The highest BCUT2D eigenvalue weighted by Crippen LogP contribution is 2.24. The van der Waals surface area contributed by atoms with Gasteiger partial charge in [0.25, 0.3) is 0 Å². The Kier molecular flexibility index (Phi) is 6.29. The average molecular weight is 375 g/mol. The van der Waals surface area contributed by atoms with Crippen LogP contribution in [0.5, 0.6) is 0 Å². The van der Waals surface area contributed by atoms with Crippen LogP contribution in [0.2, 0.25) is 0 Å². The third-order valence-electron chi connectivity index (χ3n) is 5.21. The molecule has 1 aromatic heterocycles. The topological polar surface area (TPSA) is 70.3 Å². The number of halogens is 1. The standard InChI is InChI=1S/C19H26N6.ClH/c20-5-6-24-7-9-25(10-8-24)18-13-21-19(22-14-18)23-17-11-15-3-1-2-4-16(15)12-17;/h1-4,13-14,17H,5-12,20H2,(H,21,22,23);1H. The van der Waals surface area contributed by atoms with E-state index in [4.69, 9.17) is 5.73 Å². The molecule has 3 N–H and O–H groups in total. The molecule has 2 aromatic rings. The van der Waals surface area contributed by atoms with Crippen LogP contribution >= 0.6 is 12.4 Å². The lowest BCUT2D eigenvalue weighted by Crippen LogP contribution is -2.47. The van der Waals surface area contributed by atoms with Gasteiger partial charge in [-0.15, -0.1) is 12.4 Å². The first kappa shape index (κ1) is 18.9. The molecule has 1 aliphatic heterocycles. The van der Waals surface area contributed by atoms with Gasteiger partial charge in [-0.25, -0.2) is 9.97 Å². The zero-order valence-electron chi connectivity index (χ0n) is 15.0. The summed E-state index contributed by atoms with van der Waals surface area (Å²) in [6, 6.07) is 9.04. The van der Waals surface area contributed by atoms with Crippen molar-refractivity contribution in [2.45, 2.75) is 18.9 Å².